The molecule has 0 aliphatic carbocycles. The minimum absolute atomic E-state index is 0.164. The van der Waals surface area contributed by atoms with Crippen molar-refractivity contribution in [3.8, 4) is 0 Å². The topological polar surface area (TPSA) is 23.5 Å². The number of halogens is 3. The van der Waals surface area contributed by atoms with Gasteiger partial charge in [0, 0.05) is 12.1 Å². The minimum atomic E-state index is -1.52. The second-order valence-electron chi connectivity index (χ2n) is 4.60. The molecule has 1 heterocycles. The maximum absolute atomic E-state index is 13.6. The molecule has 94 valence electrons. The second-order valence-corrected chi connectivity index (χ2v) is 4.60. The Labute approximate surface area is 97.7 Å². The molecule has 0 amide bonds. The Morgan fingerprint density at radius 3 is 2.59 bits per heavy atom. The highest BCUT2D eigenvalue weighted by Crippen LogP contribution is 2.33. The monoisotopic (exact) mass is 245 g/mol. The Morgan fingerprint density at radius 1 is 1.24 bits per heavy atom. The van der Waals surface area contributed by atoms with Crippen LogP contribution in [-0.4, -0.2) is 30.1 Å². The minimum Gasteiger partial charge on any atom is -0.384 e. The molecule has 1 N–H and O–H groups in total. The van der Waals surface area contributed by atoms with E-state index in [2.05, 4.69) is 0 Å². The third-order valence-electron chi connectivity index (χ3n) is 3.20. The maximum atomic E-state index is 13.6. The first-order chi connectivity index (χ1) is 7.94. The summed E-state index contributed by atoms with van der Waals surface area (Å²) in [6, 6.07) is 1.97. The lowest BCUT2D eigenvalue weighted by atomic mass is 9.85. The molecule has 0 radical (unpaired) electrons. The molecule has 1 unspecified atom stereocenters. The summed E-state index contributed by atoms with van der Waals surface area (Å²) >= 11 is 0. The summed E-state index contributed by atoms with van der Waals surface area (Å²) in [5, 5.41) is 10.3. The molecule has 0 bridgehead atoms. The first kappa shape index (κ1) is 12.4. The van der Waals surface area contributed by atoms with Crippen LogP contribution >= 0.6 is 0 Å². The van der Waals surface area contributed by atoms with Crippen molar-refractivity contribution in [2.45, 2.75) is 18.4 Å². The van der Waals surface area contributed by atoms with Crippen LogP contribution in [0, 0.1) is 17.5 Å². The van der Waals surface area contributed by atoms with E-state index < -0.39 is 23.1 Å². The summed E-state index contributed by atoms with van der Waals surface area (Å²) in [5.74, 6) is -4.05. The van der Waals surface area contributed by atoms with Crippen LogP contribution in [0.25, 0.3) is 0 Å². The van der Waals surface area contributed by atoms with Gasteiger partial charge in [0.15, 0.2) is 17.5 Å². The number of hydrogen-bond donors (Lipinski definition) is 1. The van der Waals surface area contributed by atoms with Crippen molar-refractivity contribution in [1.82, 2.24) is 4.90 Å². The van der Waals surface area contributed by atoms with Crippen molar-refractivity contribution in [3.63, 3.8) is 0 Å². The average Bonchev–Trinajstić information content (AvgIpc) is 2.25. The van der Waals surface area contributed by atoms with Crippen LogP contribution < -0.4 is 0 Å². The van der Waals surface area contributed by atoms with E-state index in [1.807, 2.05) is 4.90 Å². The van der Waals surface area contributed by atoms with Crippen molar-refractivity contribution < 1.29 is 18.3 Å². The van der Waals surface area contributed by atoms with Crippen LogP contribution in [0.1, 0.15) is 18.4 Å². The van der Waals surface area contributed by atoms with Crippen LogP contribution in [0.5, 0.6) is 0 Å². The van der Waals surface area contributed by atoms with Crippen LogP contribution in [0.3, 0.4) is 0 Å². The van der Waals surface area contributed by atoms with E-state index in [-0.39, 0.29) is 12.1 Å². The van der Waals surface area contributed by atoms with Gasteiger partial charge in [-0.2, -0.15) is 0 Å². The van der Waals surface area contributed by atoms with Gasteiger partial charge in [-0.05, 0) is 32.5 Å². The zero-order valence-corrected chi connectivity index (χ0v) is 9.51. The molecular weight excluding hydrogens is 231 g/mol. The predicted octanol–water partition coefficient (Wildman–Crippen LogP) is 2.02. The number of benzene rings is 1. The van der Waals surface area contributed by atoms with Gasteiger partial charge in [0.1, 0.15) is 5.60 Å². The average molecular weight is 245 g/mol. The van der Waals surface area contributed by atoms with E-state index in [0.29, 0.717) is 12.8 Å². The van der Waals surface area contributed by atoms with Crippen molar-refractivity contribution in [2.24, 2.45) is 0 Å². The van der Waals surface area contributed by atoms with Gasteiger partial charge >= 0.3 is 0 Å². The molecule has 5 heteroatoms. The van der Waals surface area contributed by atoms with Gasteiger partial charge in [0.2, 0.25) is 0 Å². The number of rotatable bonds is 1. The number of hydrogen-bond acceptors (Lipinski definition) is 2. The molecule has 1 aliphatic rings. The normalized spacial score (nSPS) is 26.2. The molecule has 1 aliphatic heterocycles. The summed E-state index contributed by atoms with van der Waals surface area (Å²) in [6.07, 6.45) is 1.03. The van der Waals surface area contributed by atoms with Gasteiger partial charge in [-0.15, -0.1) is 0 Å². The van der Waals surface area contributed by atoms with Crippen LogP contribution in [0.15, 0.2) is 12.1 Å². The Balaban J connectivity index is 2.42. The van der Waals surface area contributed by atoms with Crippen LogP contribution in [-0.2, 0) is 5.60 Å². The molecule has 0 spiro atoms. The quantitative estimate of drug-likeness (QED) is 0.765. The number of piperidine rings is 1. The van der Waals surface area contributed by atoms with Crippen molar-refractivity contribution in [3.05, 3.63) is 35.1 Å². The smallest absolute Gasteiger partial charge is 0.194 e. The Kier molecular flexibility index (Phi) is 3.14. The lowest BCUT2D eigenvalue weighted by molar-refractivity contribution is -0.0309. The SMILES string of the molecule is CN1CCCC(O)(c2ccc(F)c(F)c2F)C1. The van der Waals surface area contributed by atoms with E-state index in [1.54, 1.807) is 7.05 Å². The highest BCUT2D eigenvalue weighted by molar-refractivity contribution is 5.27. The molecule has 1 aromatic carbocycles. The van der Waals surface area contributed by atoms with Gasteiger partial charge in [-0.3, -0.25) is 0 Å². The zero-order chi connectivity index (χ0) is 12.6. The van der Waals surface area contributed by atoms with Crippen molar-refractivity contribution in [2.75, 3.05) is 20.1 Å². The lowest BCUT2D eigenvalue weighted by Gasteiger charge is -2.37. The van der Waals surface area contributed by atoms with E-state index in [9.17, 15) is 18.3 Å². The molecule has 1 atom stereocenters. The van der Waals surface area contributed by atoms with Crippen molar-refractivity contribution >= 4 is 0 Å². The molecule has 1 saturated heterocycles. The van der Waals surface area contributed by atoms with E-state index in [0.717, 1.165) is 18.7 Å². The van der Waals surface area contributed by atoms with Gasteiger partial charge in [-0.25, -0.2) is 13.2 Å². The Morgan fingerprint density at radius 2 is 1.94 bits per heavy atom. The number of likely N-dealkylation sites (tertiary alicyclic amines) is 1. The standard InChI is InChI=1S/C12H14F3NO/c1-16-6-2-5-12(17,7-16)8-3-4-9(13)11(15)10(8)14/h3-4,17H,2,5-7H2,1H3. The predicted molar refractivity (Wildman–Crippen MR) is 56.9 cm³/mol. The summed E-state index contributed by atoms with van der Waals surface area (Å²) in [4.78, 5) is 1.84. The fraction of sp³-hybridized carbons (Fsp3) is 0.500. The van der Waals surface area contributed by atoms with E-state index >= 15 is 0 Å². The summed E-state index contributed by atoms with van der Waals surface area (Å²) in [7, 11) is 1.79. The van der Waals surface area contributed by atoms with Gasteiger partial charge in [0.25, 0.3) is 0 Å². The molecular formula is C12H14F3NO. The third-order valence-corrected chi connectivity index (χ3v) is 3.20. The highest BCUT2D eigenvalue weighted by Gasteiger charge is 2.37. The largest absolute Gasteiger partial charge is 0.384 e. The molecule has 0 saturated carbocycles. The molecule has 2 nitrogen and oxygen atoms in total. The van der Waals surface area contributed by atoms with E-state index in [1.165, 1.54) is 0 Å². The van der Waals surface area contributed by atoms with E-state index in [4.69, 9.17) is 0 Å². The second kappa shape index (κ2) is 4.31. The van der Waals surface area contributed by atoms with Gasteiger partial charge in [-0.1, -0.05) is 6.07 Å². The number of likely N-dealkylation sites (N-methyl/N-ethyl adjacent to an activating group) is 1. The first-order valence-corrected chi connectivity index (χ1v) is 5.49. The summed E-state index contributed by atoms with van der Waals surface area (Å²) in [5.41, 5.74) is -1.60. The Bertz CT molecular complexity index is 438. The Hall–Kier alpha value is -1.07. The van der Waals surface area contributed by atoms with Crippen LogP contribution in [0.2, 0.25) is 0 Å². The summed E-state index contributed by atoms with van der Waals surface area (Å²) < 4.78 is 39.6. The zero-order valence-electron chi connectivity index (χ0n) is 9.51. The molecule has 1 aromatic rings. The molecule has 0 aromatic heterocycles. The van der Waals surface area contributed by atoms with Crippen molar-refractivity contribution in [1.29, 1.82) is 0 Å². The highest BCUT2D eigenvalue weighted by atomic mass is 19.2. The van der Waals surface area contributed by atoms with Gasteiger partial charge in [0.05, 0.1) is 0 Å². The number of β-amino-alcohol motifs (C(OH)–C–C–N with tert-alkyl or cyclic N) is 1. The summed E-state index contributed by atoms with van der Waals surface area (Å²) in [6.45, 7) is 1.02. The lowest BCUT2D eigenvalue weighted by Crippen LogP contribution is -2.44. The molecule has 1 fully saturated rings. The number of aliphatic hydroxyl groups is 1. The maximum Gasteiger partial charge on any atom is 0.194 e. The van der Waals surface area contributed by atoms with Gasteiger partial charge < -0.3 is 10.0 Å². The fourth-order valence-electron chi connectivity index (χ4n) is 2.35. The third kappa shape index (κ3) is 2.17. The van der Waals surface area contributed by atoms with Crippen LogP contribution in [0.4, 0.5) is 13.2 Å². The molecule has 17 heavy (non-hydrogen) atoms. The first-order valence-electron chi connectivity index (χ1n) is 5.49. The number of nitrogens with zero attached hydrogens (tertiary/aromatic N) is 1. The molecule has 2 rings (SSSR count). The fourth-order valence-corrected chi connectivity index (χ4v) is 2.35.